The lowest BCUT2D eigenvalue weighted by Gasteiger charge is -1.86. The molecule has 0 saturated heterocycles. The zero-order chi connectivity index (χ0) is 5.70. The Morgan fingerprint density at radius 1 is 2.00 bits per heavy atom. The minimum Gasteiger partial charge on any atom is -0.303 e. The summed E-state index contributed by atoms with van der Waals surface area (Å²) in [5, 5.41) is 8.06. The molecule has 0 aromatic heterocycles. The van der Waals surface area contributed by atoms with Crippen molar-refractivity contribution >= 4 is 6.29 Å². The molecule has 38 valence electrons. The summed E-state index contributed by atoms with van der Waals surface area (Å²) in [6.45, 7) is 1.72. The highest BCUT2D eigenvalue weighted by Gasteiger charge is 1.93. The van der Waals surface area contributed by atoms with Crippen molar-refractivity contribution < 1.29 is 4.79 Å². The van der Waals surface area contributed by atoms with Crippen molar-refractivity contribution in [3.8, 4) is 6.07 Å². The molecule has 0 heterocycles. The predicted molar refractivity (Wildman–Crippen MR) is 25.5 cm³/mol. The van der Waals surface area contributed by atoms with Crippen molar-refractivity contribution in [2.75, 3.05) is 0 Å². The van der Waals surface area contributed by atoms with Crippen LogP contribution >= 0.6 is 0 Å². The molecule has 0 aliphatic heterocycles. The van der Waals surface area contributed by atoms with E-state index in [4.69, 9.17) is 5.26 Å². The maximum atomic E-state index is 9.62. The lowest BCUT2D eigenvalue weighted by molar-refractivity contribution is -0.108. The molecule has 0 aliphatic carbocycles. The van der Waals surface area contributed by atoms with Crippen LogP contribution in [0, 0.1) is 17.2 Å². The Morgan fingerprint density at radius 2 is 2.57 bits per heavy atom. The molecule has 1 unspecified atom stereocenters. The molecule has 2 heteroatoms. The summed E-state index contributed by atoms with van der Waals surface area (Å²) in [4.78, 5) is 9.62. The Kier molecular flexibility index (Phi) is 2.95. The van der Waals surface area contributed by atoms with Crippen molar-refractivity contribution in [2.45, 2.75) is 13.3 Å². The highest BCUT2D eigenvalue weighted by atomic mass is 16.1. The van der Waals surface area contributed by atoms with Gasteiger partial charge in [-0.3, -0.25) is 0 Å². The third-order valence-corrected chi connectivity index (χ3v) is 0.670. The largest absolute Gasteiger partial charge is 0.303 e. The molecule has 0 radical (unpaired) electrons. The Morgan fingerprint density at radius 3 is 2.71 bits per heavy atom. The number of hydrogen-bond donors (Lipinski definition) is 0. The van der Waals surface area contributed by atoms with Gasteiger partial charge in [-0.1, -0.05) is 0 Å². The van der Waals surface area contributed by atoms with Gasteiger partial charge in [0.25, 0.3) is 0 Å². The van der Waals surface area contributed by atoms with Gasteiger partial charge in [-0.15, -0.1) is 0 Å². The fourth-order valence-electron chi connectivity index (χ4n) is 0.197. The molecule has 1 atom stereocenters. The SMILES string of the molecule is CC(C#N)CC=O. The molecule has 0 spiro atoms. The summed E-state index contributed by atoms with van der Waals surface area (Å²) >= 11 is 0. The maximum absolute atomic E-state index is 9.62. The van der Waals surface area contributed by atoms with Gasteiger partial charge in [0.1, 0.15) is 6.29 Å². The Hall–Kier alpha value is -0.840. The van der Waals surface area contributed by atoms with Crippen LogP contribution < -0.4 is 0 Å². The van der Waals surface area contributed by atoms with Crippen LogP contribution in [0.2, 0.25) is 0 Å². The van der Waals surface area contributed by atoms with E-state index in [0.717, 1.165) is 6.29 Å². The van der Waals surface area contributed by atoms with E-state index in [2.05, 4.69) is 0 Å². The molecule has 0 aromatic rings. The minimum absolute atomic E-state index is 0.113. The second kappa shape index (κ2) is 3.35. The van der Waals surface area contributed by atoms with Gasteiger partial charge in [0, 0.05) is 6.42 Å². The molecule has 0 saturated carbocycles. The Bertz CT molecular complexity index is 92.7. The average Bonchev–Trinajstić information content (AvgIpc) is 1.68. The molecule has 0 N–H and O–H groups in total. The van der Waals surface area contributed by atoms with Crippen LogP contribution in [-0.2, 0) is 4.79 Å². The molecule has 0 rings (SSSR count). The van der Waals surface area contributed by atoms with Crippen LogP contribution in [0.3, 0.4) is 0 Å². The van der Waals surface area contributed by atoms with Crippen LogP contribution in [0.15, 0.2) is 0 Å². The summed E-state index contributed by atoms with van der Waals surface area (Å²) in [6.07, 6.45) is 1.12. The van der Waals surface area contributed by atoms with Gasteiger partial charge in [0.15, 0.2) is 0 Å². The van der Waals surface area contributed by atoms with Crippen molar-refractivity contribution in [1.29, 1.82) is 5.26 Å². The predicted octanol–water partition coefficient (Wildman–Crippen LogP) is 0.735. The fraction of sp³-hybridized carbons (Fsp3) is 0.600. The summed E-state index contributed by atoms with van der Waals surface area (Å²) in [5.41, 5.74) is 0. The normalized spacial score (nSPS) is 12.0. The zero-order valence-corrected chi connectivity index (χ0v) is 4.22. The van der Waals surface area contributed by atoms with E-state index in [1.165, 1.54) is 0 Å². The Labute approximate surface area is 42.8 Å². The van der Waals surface area contributed by atoms with E-state index in [-0.39, 0.29) is 5.92 Å². The van der Waals surface area contributed by atoms with Crippen LogP contribution in [0.1, 0.15) is 13.3 Å². The van der Waals surface area contributed by atoms with E-state index in [1.807, 2.05) is 6.07 Å². The highest BCUT2D eigenvalue weighted by Crippen LogP contribution is 1.93. The molecule has 7 heavy (non-hydrogen) atoms. The topological polar surface area (TPSA) is 40.9 Å². The number of nitriles is 1. The van der Waals surface area contributed by atoms with Crippen molar-refractivity contribution in [3.63, 3.8) is 0 Å². The average molecular weight is 97.1 g/mol. The first-order valence-corrected chi connectivity index (χ1v) is 2.14. The number of hydrogen-bond acceptors (Lipinski definition) is 2. The monoisotopic (exact) mass is 97.1 g/mol. The van der Waals surface area contributed by atoms with E-state index in [0.29, 0.717) is 6.42 Å². The van der Waals surface area contributed by atoms with Crippen LogP contribution in [-0.4, -0.2) is 6.29 Å². The molecule has 0 bridgehead atoms. The smallest absolute Gasteiger partial charge is 0.121 e. The Balaban J connectivity index is 3.21. The van der Waals surface area contributed by atoms with E-state index in [9.17, 15) is 4.79 Å². The number of carbonyl (C=O) groups is 1. The molecular formula is C5H7NO. The summed E-state index contributed by atoms with van der Waals surface area (Å²) in [6, 6.07) is 1.93. The van der Waals surface area contributed by atoms with Crippen LogP contribution in [0.4, 0.5) is 0 Å². The first kappa shape index (κ1) is 6.16. The van der Waals surface area contributed by atoms with Gasteiger partial charge < -0.3 is 4.79 Å². The summed E-state index contributed by atoms with van der Waals surface area (Å²) in [5.74, 6) is -0.113. The quantitative estimate of drug-likeness (QED) is 0.477. The van der Waals surface area contributed by atoms with Crippen molar-refractivity contribution in [1.82, 2.24) is 0 Å². The van der Waals surface area contributed by atoms with Gasteiger partial charge in [-0.2, -0.15) is 5.26 Å². The second-order valence-electron chi connectivity index (χ2n) is 1.43. The zero-order valence-electron chi connectivity index (χ0n) is 4.22. The van der Waals surface area contributed by atoms with Crippen LogP contribution in [0.5, 0.6) is 0 Å². The lowest BCUT2D eigenvalue weighted by Crippen LogP contribution is -1.88. The fourth-order valence-corrected chi connectivity index (χ4v) is 0.197. The third kappa shape index (κ3) is 2.98. The molecule has 0 aliphatic rings. The number of carbonyl (C=O) groups excluding carboxylic acids is 1. The number of aldehydes is 1. The second-order valence-corrected chi connectivity index (χ2v) is 1.43. The third-order valence-electron chi connectivity index (χ3n) is 0.670. The molecular weight excluding hydrogens is 90.1 g/mol. The summed E-state index contributed by atoms with van der Waals surface area (Å²) < 4.78 is 0. The van der Waals surface area contributed by atoms with Gasteiger partial charge in [0.2, 0.25) is 0 Å². The highest BCUT2D eigenvalue weighted by molar-refractivity contribution is 5.50. The lowest BCUT2D eigenvalue weighted by atomic mass is 10.1. The van der Waals surface area contributed by atoms with Gasteiger partial charge in [0.05, 0.1) is 12.0 Å². The summed E-state index contributed by atoms with van der Waals surface area (Å²) in [7, 11) is 0. The molecule has 2 nitrogen and oxygen atoms in total. The minimum atomic E-state index is -0.113. The van der Waals surface area contributed by atoms with Crippen LogP contribution in [0.25, 0.3) is 0 Å². The van der Waals surface area contributed by atoms with Crippen molar-refractivity contribution in [3.05, 3.63) is 0 Å². The first-order valence-electron chi connectivity index (χ1n) is 2.14. The maximum Gasteiger partial charge on any atom is 0.121 e. The molecule has 0 amide bonds. The van der Waals surface area contributed by atoms with E-state index >= 15 is 0 Å². The first-order chi connectivity index (χ1) is 3.31. The standard InChI is InChI=1S/C5H7NO/c1-5(4-6)2-3-7/h3,5H,2H2,1H3. The molecule has 0 fully saturated rings. The van der Waals surface area contributed by atoms with Gasteiger partial charge >= 0.3 is 0 Å². The van der Waals surface area contributed by atoms with E-state index < -0.39 is 0 Å². The van der Waals surface area contributed by atoms with Crippen molar-refractivity contribution in [2.24, 2.45) is 5.92 Å². The number of rotatable bonds is 2. The number of nitrogens with zero attached hydrogens (tertiary/aromatic N) is 1. The van der Waals surface area contributed by atoms with Gasteiger partial charge in [-0.25, -0.2) is 0 Å². The van der Waals surface area contributed by atoms with Gasteiger partial charge in [-0.05, 0) is 6.92 Å². The molecule has 0 aromatic carbocycles. The van der Waals surface area contributed by atoms with E-state index in [1.54, 1.807) is 6.92 Å².